The average Bonchev–Trinajstić information content (AvgIpc) is 3.21. The highest BCUT2D eigenvalue weighted by molar-refractivity contribution is 5.62. The van der Waals surface area contributed by atoms with Crippen LogP contribution in [0.15, 0.2) is 36.8 Å². The van der Waals surface area contributed by atoms with Crippen LogP contribution in [0.2, 0.25) is 0 Å². The molecule has 0 unspecified atom stereocenters. The molecule has 0 spiro atoms. The Morgan fingerprint density at radius 1 is 1.22 bits per heavy atom. The number of aromatic nitrogens is 2. The van der Waals surface area contributed by atoms with Crippen molar-refractivity contribution >= 4 is 0 Å². The summed E-state index contributed by atoms with van der Waals surface area (Å²) >= 11 is 0. The predicted octanol–water partition coefficient (Wildman–Crippen LogP) is 2.70. The molecule has 1 aliphatic carbocycles. The van der Waals surface area contributed by atoms with Crippen molar-refractivity contribution in [2.24, 2.45) is 0 Å². The van der Waals surface area contributed by atoms with E-state index in [1.165, 1.54) is 24.0 Å². The second-order valence-corrected chi connectivity index (χ2v) is 4.92. The van der Waals surface area contributed by atoms with Crippen molar-refractivity contribution in [3.8, 4) is 11.1 Å². The molecule has 0 bridgehead atoms. The summed E-state index contributed by atoms with van der Waals surface area (Å²) < 4.78 is 0. The van der Waals surface area contributed by atoms with Crippen LogP contribution in [0.5, 0.6) is 0 Å². The van der Waals surface area contributed by atoms with E-state index in [4.69, 9.17) is 0 Å². The number of hydrogen-bond donors (Lipinski definition) is 1. The van der Waals surface area contributed by atoms with Crippen LogP contribution in [-0.4, -0.2) is 16.0 Å². The maximum Gasteiger partial charge on any atom is 0.0378 e. The molecular weight excluding hydrogens is 222 g/mol. The molecule has 1 fully saturated rings. The number of pyridine rings is 2. The highest BCUT2D eigenvalue weighted by atomic mass is 14.9. The first-order chi connectivity index (χ1) is 8.81. The van der Waals surface area contributed by atoms with Gasteiger partial charge in [-0.25, -0.2) is 0 Å². The molecule has 2 aromatic heterocycles. The summed E-state index contributed by atoms with van der Waals surface area (Å²) in [4.78, 5) is 8.55. The molecule has 3 nitrogen and oxygen atoms in total. The van der Waals surface area contributed by atoms with Gasteiger partial charge in [0.2, 0.25) is 0 Å². The molecule has 3 heteroatoms. The summed E-state index contributed by atoms with van der Waals surface area (Å²) in [7, 11) is 0. The first kappa shape index (κ1) is 11.4. The summed E-state index contributed by atoms with van der Waals surface area (Å²) in [5, 5.41) is 3.51. The highest BCUT2D eigenvalue weighted by Crippen LogP contribution is 2.21. The fourth-order valence-corrected chi connectivity index (χ4v) is 2.02. The molecule has 3 rings (SSSR count). The van der Waals surface area contributed by atoms with E-state index in [1.54, 1.807) is 0 Å². The van der Waals surface area contributed by atoms with Crippen molar-refractivity contribution in [1.29, 1.82) is 0 Å². The topological polar surface area (TPSA) is 37.8 Å². The summed E-state index contributed by atoms with van der Waals surface area (Å²) in [6.07, 6.45) is 8.33. The van der Waals surface area contributed by atoms with E-state index in [1.807, 2.05) is 31.6 Å². The molecule has 2 heterocycles. The number of rotatable bonds is 4. The summed E-state index contributed by atoms with van der Waals surface area (Å²) in [6, 6.07) is 7.06. The van der Waals surface area contributed by atoms with Crippen LogP contribution < -0.4 is 5.32 Å². The van der Waals surface area contributed by atoms with Gasteiger partial charge in [-0.15, -0.1) is 0 Å². The molecule has 2 aromatic rings. The molecule has 1 saturated carbocycles. The fraction of sp³-hybridized carbons (Fsp3) is 0.333. The van der Waals surface area contributed by atoms with Crippen LogP contribution in [0.3, 0.4) is 0 Å². The largest absolute Gasteiger partial charge is 0.310 e. The second-order valence-electron chi connectivity index (χ2n) is 4.92. The normalized spacial score (nSPS) is 14.7. The molecule has 1 N–H and O–H groups in total. The third kappa shape index (κ3) is 2.74. The molecule has 0 radical (unpaired) electrons. The van der Waals surface area contributed by atoms with E-state index < -0.39 is 0 Å². The van der Waals surface area contributed by atoms with Crippen molar-refractivity contribution in [2.75, 3.05) is 0 Å². The first-order valence-corrected chi connectivity index (χ1v) is 6.41. The lowest BCUT2D eigenvalue weighted by molar-refractivity contribution is 0.686. The van der Waals surface area contributed by atoms with Gasteiger partial charge in [0, 0.05) is 42.4 Å². The van der Waals surface area contributed by atoms with Gasteiger partial charge in [-0.05, 0) is 49.1 Å². The van der Waals surface area contributed by atoms with Gasteiger partial charge in [0.05, 0.1) is 0 Å². The summed E-state index contributed by atoms with van der Waals surface area (Å²) in [5.74, 6) is 0. The first-order valence-electron chi connectivity index (χ1n) is 6.41. The van der Waals surface area contributed by atoms with Crippen molar-refractivity contribution in [3.05, 3.63) is 48.0 Å². The minimum absolute atomic E-state index is 0.733. The standard InChI is InChI=1S/C15H17N3/c1-11-6-13(4-5-17-11)14-7-12(8-16-10-14)9-18-15-2-3-15/h4-8,10,15,18H,2-3,9H2,1H3. The zero-order valence-electron chi connectivity index (χ0n) is 10.6. The van der Waals surface area contributed by atoms with Crippen LogP contribution in [0.25, 0.3) is 11.1 Å². The van der Waals surface area contributed by atoms with Crippen molar-refractivity contribution in [1.82, 2.24) is 15.3 Å². The SMILES string of the molecule is Cc1cc(-c2cncc(CNC3CC3)c2)ccn1. The van der Waals surface area contributed by atoms with Crippen LogP contribution in [0.4, 0.5) is 0 Å². The van der Waals surface area contributed by atoms with Gasteiger partial charge in [-0.1, -0.05) is 0 Å². The Morgan fingerprint density at radius 3 is 2.89 bits per heavy atom. The fourth-order valence-electron chi connectivity index (χ4n) is 2.02. The Bertz CT molecular complexity index is 547. The van der Waals surface area contributed by atoms with Crippen LogP contribution >= 0.6 is 0 Å². The summed E-state index contributed by atoms with van der Waals surface area (Å²) in [5.41, 5.74) is 4.63. The van der Waals surface area contributed by atoms with Gasteiger partial charge in [-0.3, -0.25) is 9.97 Å². The summed E-state index contributed by atoms with van der Waals surface area (Å²) in [6.45, 7) is 2.92. The minimum atomic E-state index is 0.733. The average molecular weight is 239 g/mol. The van der Waals surface area contributed by atoms with Gasteiger partial charge >= 0.3 is 0 Å². The molecular formula is C15H17N3. The van der Waals surface area contributed by atoms with E-state index in [2.05, 4.69) is 27.4 Å². The lowest BCUT2D eigenvalue weighted by Crippen LogP contribution is -2.15. The van der Waals surface area contributed by atoms with Crippen molar-refractivity contribution < 1.29 is 0 Å². The zero-order chi connectivity index (χ0) is 12.4. The van der Waals surface area contributed by atoms with E-state index in [9.17, 15) is 0 Å². The molecule has 18 heavy (non-hydrogen) atoms. The highest BCUT2D eigenvalue weighted by Gasteiger charge is 2.19. The Balaban J connectivity index is 1.80. The van der Waals surface area contributed by atoms with E-state index >= 15 is 0 Å². The van der Waals surface area contributed by atoms with Gasteiger partial charge in [-0.2, -0.15) is 0 Å². The molecule has 0 amide bonds. The molecule has 92 valence electrons. The molecule has 0 aliphatic heterocycles. The third-order valence-electron chi connectivity index (χ3n) is 3.20. The molecule has 0 aromatic carbocycles. The van der Waals surface area contributed by atoms with E-state index in [0.717, 1.165) is 23.8 Å². The second kappa shape index (κ2) is 4.86. The van der Waals surface area contributed by atoms with Gasteiger partial charge in [0.15, 0.2) is 0 Å². The Hall–Kier alpha value is -1.74. The number of aryl methyl sites for hydroxylation is 1. The number of nitrogens with one attached hydrogen (secondary N) is 1. The van der Waals surface area contributed by atoms with Crippen LogP contribution in [-0.2, 0) is 6.54 Å². The Kier molecular flexibility index (Phi) is 3.07. The molecule has 0 saturated heterocycles. The van der Waals surface area contributed by atoms with E-state index in [0.29, 0.717) is 0 Å². The monoisotopic (exact) mass is 239 g/mol. The van der Waals surface area contributed by atoms with E-state index in [-0.39, 0.29) is 0 Å². The van der Waals surface area contributed by atoms with Gasteiger partial charge in [0.25, 0.3) is 0 Å². The zero-order valence-corrected chi connectivity index (χ0v) is 10.6. The third-order valence-corrected chi connectivity index (χ3v) is 3.20. The van der Waals surface area contributed by atoms with Crippen molar-refractivity contribution in [2.45, 2.75) is 32.4 Å². The molecule has 0 atom stereocenters. The van der Waals surface area contributed by atoms with Crippen LogP contribution in [0, 0.1) is 6.92 Å². The minimum Gasteiger partial charge on any atom is -0.310 e. The lowest BCUT2D eigenvalue weighted by atomic mass is 10.1. The number of nitrogens with zero attached hydrogens (tertiary/aromatic N) is 2. The predicted molar refractivity (Wildman–Crippen MR) is 72.1 cm³/mol. The molecule has 1 aliphatic rings. The quantitative estimate of drug-likeness (QED) is 0.891. The smallest absolute Gasteiger partial charge is 0.0378 e. The lowest BCUT2D eigenvalue weighted by Gasteiger charge is -2.06. The number of hydrogen-bond acceptors (Lipinski definition) is 3. The van der Waals surface area contributed by atoms with Gasteiger partial charge in [0.1, 0.15) is 0 Å². The Morgan fingerprint density at radius 2 is 2.11 bits per heavy atom. The maximum atomic E-state index is 4.33. The van der Waals surface area contributed by atoms with Crippen molar-refractivity contribution in [3.63, 3.8) is 0 Å². The van der Waals surface area contributed by atoms with Gasteiger partial charge < -0.3 is 5.32 Å². The van der Waals surface area contributed by atoms with Crippen LogP contribution in [0.1, 0.15) is 24.1 Å². The maximum absolute atomic E-state index is 4.33. The Labute approximate surface area is 107 Å².